The molecule has 0 spiro atoms. The van der Waals surface area contributed by atoms with Crippen molar-refractivity contribution in [2.45, 2.75) is 12.8 Å². The van der Waals surface area contributed by atoms with Crippen molar-refractivity contribution in [1.82, 2.24) is 14.8 Å². The van der Waals surface area contributed by atoms with Crippen LogP contribution in [0.5, 0.6) is 5.75 Å². The number of hydrogen-bond donors (Lipinski definition) is 0. The van der Waals surface area contributed by atoms with Crippen LogP contribution >= 0.6 is 0 Å². The fourth-order valence-electron chi connectivity index (χ4n) is 2.62. The lowest BCUT2D eigenvalue weighted by Crippen LogP contribution is -2.33. The van der Waals surface area contributed by atoms with Gasteiger partial charge in [0.15, 0.2) is 0 Å². The number of nitrogens with zero attached hydrogens (tertiary/aromatic N) is 3. The van der Waals surface area contributed by atoms with E-state index in [1.165, 1.54) is 18.3 Å². The first-order valence-electron chi connectivity index (χ1n) is 7.26. The summed E-state index contributed by atoms with van der Waals surface area (Å²) >= 11 is 0. The van der Waals surface area contributed by atoms with E-state index in [0.717, 1.165) is 19.5 Å². The molecule has 0 unspecified atom stereocenters. The van der Waals surface area contributed by atoms with E-state index in [0.29, 0.717) is 12.5 Å². The quantitative estimate of drug-likeness (QED) is 0.803. The number of aromatic nitrogens is 1. The van der Waals surface area contributed by atoms with Gasteiger partial charge in [0.2, 0.25) is 0 Å². The van der Waals surface area contributed by atoms with Gasteiger partial charge in [-0.3, -0.25) is 9.78 Å². The minimum absolute atomic E-state index is 0.209. The van der Waals surface area contributed by atoms with Gasteiger partial charge in [-0.2, -0.15) is 0 Å². The molecule has 0 aliphatic carbocycles. The Morgan fingerprint density at radius 3 is 3.00 bits per heavy atom. The van der Waals surface area contributed by atoms with Gasteiger partial charge in [-0.1, -0.05) is 0 Å². The highest BCUT2D eigenvalue weighted by Gasteiger charge is 2.23. The molecule has 0 N–H and O–H groups in total. The Kier molecular flexibility index (Phi) is 5.65. The zero-order chi connectivity index (χ0) is 16.1. The Morgan fingerprint density at radius 2 is 2.36 bits per heavy atom. The Hall–Kier alpha value is -1.76. The molecule has 0 radical (unpaired) electrons. The van der Waals surface area contributed by atoms with Crippen molar-refractivity contribution in [3.8, 4) is 5.75 Å². The number of amides is 1. The first-order chi connectivity index (χ1) is 10.5. The molecule has 1 aliphatic rings. The van der Waals surface area contributed by atoms with Crippen LogP contribution in [0.2, 0.25) is 0 Å². The summed E-state index contributed by atoms with van der Waals surface area (Å²) in [4.78, 5) is 20.2. The van der Waals surface area contributed by atoms with Crippen molar-refractivity contribution >= 4 is 5.91 Å². The summed E-state index contributed by atoms with van der Waals surface area (Å²) in [6.45, 7) is 1.99. The number of pyridine rings is 1. The van der Waals surface area contributed by atoms with Gasteiger partial charge in [0.25, 0.3) is 12.3 Å². The van der Waals surface area contributed by atoms with E-state index in [2.05, 4.69) is 16.9 Å². The molecule has 0 bridgehead atoms. The number of halogens is 2. The smallest absolute Gasteiger partial charge is 0.272 e. The normalized spacial score (nSPS) is 18.7. The van der Waals surface area contributed by atoms with Gasteiger partial charge >= 0.3 is 0 Å². The second-order valence-electron chi connectivity index (χ2n) is 5.68. The maximum atomic E-state index is 12.4. The molecule has 1 aromatic rings. The fraction of sp³-hybridized carbons (Fsp3) is 0.600. The third-order valence-corrected chi connectivity index (χ3v) is 3.69. The number of ether oxygens (including phenoxy) is 1. The van der Waals surface area contributed by atoms with Crippen LogP contribution in [0.3, 0.4) is 0 Å². The second kappa shape index (κ2) is 7.49. The van der Waals surface area contributed by atoms with Crippen molar-refractivity contribution in [1.29, 1.82) is 0 Å². The topological polar surface area (TPSA) is 45.7 Å². The summed E-state index contributed by atoms with van der Waals surface area (Å²) in [6.07, 6.45) is -0.0843. The molecule has 122 valence electrons. The Morgan fingerprint density at radius 1 is 1.59 bits per heavy atom. The highest BCUT2D eigenvalue weighted by Crippen LogP contribution is 2.17. The number of likely N-dealkylation sites (tertiary alicyclic amines) is 1. The Bertz CT molecular complexity index is 513. The van der Waals surface area contributed by atoms with Gasteiger partial charge in [0.1, 0.15) is 18.1 Å². The number of carbonyl (C=O) groups excluding carboxylic acids is 1. The molecule has 1 atom stereocenters. The summed E-state index contributed by atoms with van der Waals surface area (Å²) in [7, 11) is 3.79. The van der Waals surface area contributed by atoms with Crippen molar-refractivity contribution in [2.75, 3.05) is 40.3 Å². The first-order valence-corrected chi connectivity index (χ1v) is 7.26. The maximum Gasteiger partial charge on any atom is 0.272 e. The zero-order valence-electron chi connectivity index (χ0n) is 12.8. The standard InChI is InChI=1S/C15H21F2N3O2/c1-19-6-4-11(8-19)9-20(2)15(21)13-7-12(3-5-18-13)22-10-14(16)17/h3,5,7,11,14H,4,6,8-10H2,1-2H3/t11-/m0/s1. The van der Waals surface area contributed by atoms with Crippen LogP contribution in [-0.4, -0.2) is 67.5 Å². The largest absolute Gasteiger partial charge is 0.488 e. The van der Waals surface area contributed by atoms with E-state index < -0.39 is 13.0 Å². The third kappa shape index (κ3) is 4.62. The number of alkyl halides is 2. The van der Waals surface area contributed by atoms with Crippen molar-refractivity contribution in [3.63, 3.8) is 0 Å². The summed E-state index contributed by atoms with van der Waals surface area (Å²) < 4.78 is 29.2. The first kappa shape index (κ1) is 16.6. The monoisotopic (exact) mass is 313 g/mol. The highest BCUT2D eigenvalue weighted by atomic mass is 19.3. The molecule has 0 saturated carbocycles. The van der Waals surface area contributed by atoms with E-state index in [1.807, 2.05) is 0 Å². The van der Waals surface area contributed by atoms with E-state index >= 15 is 0 Å². The fourth-order valence-corrected chi connectivity index (χ4v) is 2.62. The highest BCUT2D eigenvalue weighted by molar-refractivity contribution is 5.92. The molecular formula is C15H21F2N3O2. The predicted molar refractivity (Wildman–Crippen MR) is 78.3 cm³/mol. The minimum Gasteiger partial charge on any atom is -0.488 e. The second-order valence-corrected chi connectivity index (χ2v) is 5.68. The van der Waals surface area contributed by atoms with Crippen molar-refractivity contribution < 1.29 is 18.3 Å². The van der Waals surface area contributed by atoms with Gasteiger partial charge in [-0.05, 0) is 32.0 Å². The molecule has 0 aromatic carbocycles. The molecular weight excluding hydrogens is 292 g/mol. The van der Waals surface area contributed by atoms with Gasteiger partial charge in [-0.25, -0.2) is 8.78 Å². The molecule has 1 aromatic heterocycles. The average Bonchev–Trinajstić information content (AvgIpc) is 2.89. The van der Waals surface area contributed by atoms with E-state index in [4.69, 9.17) is 4.74 Å². The molecule has 2 rings (SSSR count). The van der Waals surface area contributed by atoms with E-state index in [1.54, 1.807) is 11.9 Å². The van der Waals surface area contributed by atoms with Crippen LogP contribution < -0.4 is 4.74 Å². The molecule has 5 nitrogen and oxygen atoms in total. The van der Waals surface area contributed by atoms with Crippen LogP contribution in [0, 0.1) is 5.92 Å². The van der Waals surface area contributed by atoms with Crippen molar-refractivity contribution in [3.05, 3.63) is 24.0 Å². The third-order valence-electron chi connectivity index (χ3n) is 3.69. The molecule has 2 heterocycles. The molecule has 7 heteroatoms. The molecule has 1 fully saturated rings. The van der Waals surface area contributed by atoms with Crippen LogP contribution in [0.15, 0.2) is 18.3 Å². The summed E-state index contributed by atoms with van der Waals surface area (Å²) in [5.74, 6) is 0.460. The number of rotatable bonds is 6. The lowest BCUT2D eigenvalue weighted by molar-refractivity contribution is 0.0763. The van der Waals surface area contributed by atoms with Crippen LogP contribution in [0.1, 0.15) is 16.9 Å². The van der Waals surface area contributed by atoms with Gasteiger partial charge in [0, 0.05) is 32.4 Å². The molecule has 1 saturated heterocycles. The average molecular weight is 313 g/mol. The van der Waals surface area contributed by atoms with Crippen LogP contribution in [0.4, 0.5) is 8.78 Å². The van der Waals surface area contributed by atoms with Crippen LogP contribution in [0.25, 0.3) is 0 Å². The molecule has 1 amide bonds. The van der Waals surface area contributed by atoms with E-state index in [-0.39, 0.29) is 17.4 Å². The summed E-state index contributed by atoms with van der Waals surface area (Å²) in [5.41, 5.74) is 0.209. The maximum absolute atomic E-state index is 12.4. The zero-order valence-corrected chi connectivity index (χ0v) is 12.8. The van der Waals surface area contributed by atoms with Crippen molar-refractivity contribution in [2.24, 2.45) is 5.92 Å². The van der Waals surface area contributed by atoms with Gasteiger partial charge in [0.05, 0.1) is 0 Å². The van der Waals surface area contributed by atoms with Crippen LogP contribution in [-0.2, 0) is 0 Å². The minimum atomic E-state index is -2.55. The van der Waals surface area contributed by atoms with E-state index in [9.17, 15) is 13.6 Å². The van der Waals surface area contributed by atoms with Gasteiger partial charge < -0.3 is 14.5 Å². The Balaban J connectivity index is 1.94. The summed E-state index contributed by atoms with van der Waals surface area (Å²) in [5, 5.41) is 0. The lowest BCUT2D eigenvalue weighted by Gasteiger charge is -2.21. The van der Waals surface area contributed by atoms with Gasteiger partial charge in [-0.15, -0.1) is 0 Å². The molecule has 1 aliphatic heterocycles. The predicted octanol–water partition coefficient (Wildman–Crippen LogP) is 1.75. The lowest BCUT2D eigenvalue weighted by atomic mass is 10.1. The Labute approximate surface area is 128 Å². The summed E-state index contributed by atoms with van der Waals surface area (Å²) in [6, 6.07) is 2.87. The molecule has 22 heavy (non-hydrogen) atoms. The number of carbonyl (C=O) groups is 1. The number of hydrogen-bond acceptors (Lipinski definition) is 4. The SMILES string of the molecule is CN1CC[C@H](CN(C)C(=O)c2cc(OCC(F)F)ccn2)C1.